The maximum absolute atomic E-state index is 13.2. The summed E-state index contributed by atoms with van der Waals surface area (Å²) in [6.45, 7) is 6.72. The fourth-order valence-electron chi connectivity index (χ4n) is 15.0. The molecule has 9 aromatic carbocycles. The molecule has 4 saturated carbocycles. The number of sulfonamides is 1. The molecule has 24 nitrogen and oxygen atoms in total. The topological polar surface area (TPSA) is 314 Å². The molecular formula is C91H90N10O14S2. The summed E-state index contributed by atoms with van der Waals surface area (Å²) >= 11 is 1.32. The molecule has 3 aliphatic heterocycles. The summed E-state index contributed by atoms with van der Waals surface area (Å²) in [5, 5.41) is 18.7. The standard InChI is InChI=1S/C24H24N2O4S.C23H20N2O4S.C22H21N3O3.C22H19N3O3.3H2/c1-25-31(28,29)22-12-6-17(7-13-22)18-4-3-5-20(16-18)26-23(27)24(14-15-24)19-8-10-21(30-2)11-9-19;1-13-2-4-15(11-17(13)16-6-9-30-20(16)21(24)26)25-22(27)23(7-8-23)14-3-5-18-19(10-14)29-12-28-18;1-14-3-5-16(12-17(14)18-7-10-25(2)24-18)23-21(26)22(8-9-22)15-4-6-19-20(11-15)28-13-27-19;1-14-2-4-17(9-18(14)15-10-23-12-24-11-15)25-21(26)22(6-7-22)16-3-5-19-20(8-16)28-13-27-19;;;/h3-13,16,25H,14-15H2,1-2H3,(H,26,27);2-6,9-11H,7-8,12H2,1H3,(H2,24,26)(H,25,27);3-7,10-12H,8-9,13H2,1-2H3,(H,23,26);2-5,8-12H,6-7,13H2,1H3,(H,25,26);3*1H. The highest BCUT2D eigenvalue weighted by molar-refractivity contribution is 7.89. The van der Waals surface area contributed by atoms with Crippen molar-refractivity contribution < 1.29 is 69.8 Å². The van der Waals surface area contributed by atoms with Crippen LogP contribution in [0.4, 0.5) is 22.7 Å². The van der Waals surface area contributed by atoms with Gasteiger partial charge in [0, 0.05) is 69.4 Å². The number of hydrogen-bond donors (Lipinski definition) is 6. The van der Waals surface area contributed by atoms with Gasteiger partial charge in [0.2, 0.25) is 54.0 Å². The number of thiophene rings is 1. The van der Waals surface area contributed by atoms with Crippen LogP contribution >= 0.6 is 11.3 Å². The number of primary amides is 1. The first-order valence-corrected chi connectivity index (χ1v) is 40.6. The summed E-state index contributed by atoms with van der Waals surface area (Å²) in [5.74, 6) is 4.54. The third-order valence-corrected chi connectivity index (χ3v) is 24.9. The number of carbonyl (C=O) groups is 5. The fourth-order valence-corrected chi connectivity index (χ4v) is 16.5. The molecule has 0 spiro atoms. The second kappa shape index (κ2) is 31.9. The third kappa shape index (κ3) is 16.1. The van der Waals surface area contributed by atoms with Crippen molar-refractivity contribution in [2.45, 2.75) is 98.7 Å². The number of aromatic nitrogens is 4. The maximum atomic E-state index is 13.2. The molecule has 0 atom stereocenters. The number of nitrogens with two attached hydrogens (primary N) is 1. The second-order valence-electron chi connectivity index (χ2n) is 30.0. The Kier molecular flexibility index (Phi) is 21.2. The van der Waals surface area contributed by atoms with Crippen LogP contribution in [0.2, 0.25) is 0 Å². The van der Waals surface area contributed by atoms with Gasteiger partial charge in [0.05, 0.1) is 44.2 Å². The molecule has 6 heterocycles. The Morgan fingerprint density at radius 3 is 1.33 bits per heavy atom. The van der Waals surface area contributed by atoms with Gasteiger partial charge in [-0.05, 0) is 267 Å². The normalized spacial score (nSPS) is 15.5. The predicted octanol–water partition coefficient (Wildman–Crippen LogP) is 16.5. The zero-order chi connectivity index (χ0) is 81.4. The van der Waals surface area contributed by atoms with E-state index in [-0.39, 0.29) is 53.2 Å². The van der Waals surface area contributed by atoms with E-state index in [4.69, 9.17) is 38.9 Å². The number of benzene rings is 9. The number of aryl methyl sites for hydroxylation is 4. The van der Waals surface area contributed by atoms with Crippen molar-refractivity contribution >= 4 is 73.6 Å². The number of nitrogens with zero attached hydrogens (tertiary/aromatic N) is 4. The summed E-state index contributed by atoms with van der Waals surface area (Å²) in [6.07, 6.45) is 13.5. The van der Waals surface area contributed by atoms with Crippen molar-refractivity contribution in [3.8, 4) is 84.9 Å². The summed E-state index contributed by atoms with van der Waals surface area (Å²) in [6, 6.07) is 60.5. The van der Waals surface area contributed by atoms with Crippen molar-refractivity contribution in [2.24, 2.45) is 12.8 Å². The van der Waals surface area contributed by atoms with Crippen LogP contribution in [0, 0.1) is 20.8 Å². The van der Waals surface area contributed by atoms with Crippen molar-refractivity contribution in [3.63, 3.8) is 0 Å². The lowest BCUT2D eigenvalue weighted by Gasteiger charge is -2.17. The summed E-state index contributed by atoms with van der Waals surface area (Å²) in [4.78, 5) is 73.2. The molecule has 4 fully saturated rings. The largest absolute Gasteiger partial charge is 0.497 e. The quantitative estimate of drug-likeness (QED) is 0.0413. The Bertz CT molecular complexity index is 6000. The van der Waals surface area contributed by atoms with Crippen LogP contribution in [0.5, 0.6) is 40.2 Å². The van der Waals surface area contributed by atoms with Crippen LogP contribution < -0.4 is 64.9 Å². The van der Waals surface area contributed by atoms with Crippen molar-refractivity contribution in [3.05, 3.63) is 268 Å². The zero-order valence-corrected chi connectivity index (χ0v) is 66.7. The molecule has 0 unspecified atom stereocenters. The maximum Gasteiger partial charge on any atom is 0.259 e. The Balaban J connectivity index is 0.000000137. The lowest BCUT2D eigenvalue weighted by molar-refractivity contribution is -0.119. The number of ether oxygens (including phenoxy) is 7. The lowest BCUT2D eigenvalue weighted by atomic mass is 9.94. The van der Waals surface area contributed by atoms with Gasteiger partial charge in [-0.15, -0.1) is 11.3 Å². The SMILES string of the molecule is CNS(=O)(=O)c1ccc(-c2cccc(NC(=O)C3(c4ccc(OC)cc4)CC3)c2)cc1.Cc1ccc(NC(=O)C2(c3ccc4c(c3)OCO4)CC2)cc1-c1ccn(C)n1.Cc1ccc(NC(=O)C2(c3ccc4c(c3)OCO4)CC2)cc1-c1ccsc1C(N)=O.Cc1ccc(NC(=O)C2(c3ccc4c(c3)OCO4)CC2)cc1-c1cncnc1.[HH].[HH].[HH]. The highest BCUT2D eigenvalue weighted by Gasteiger charge is 2.55. The van der Waals surface area contributed by atoms with E-state index in [1.165, 1.54) is 24.7 Å². The first-order chi connectivity index (χ1) is 56.6. The average Bonchev–Trinajstić information content (AvgIpc) is 1.60. The van der Waals surface area contributed by atoms with Crippen LogP contribution in [0.1, 0.15) is 104 Å². The highest BCUT2D eigenvalue weighted by Crippen LogP contribution is 2.55. The van der Waals surface area contributed by atoms with Gasteiger partial charge in [-0.2, -0.15) is 5.10 Å². The monoisotopic (exact) mass is 1610 g/mol. The number of amides is 5. The first-order valence-electron chi connectivity index (χ1n) is 38.3. The number of fused-ring (bicyclic) bond motifs is 3. The van der Waals surface area contributed by atoms with Gasteiger partial charge in [0.15, 0.2) is 34.5 Å². The number of hydrogen-bond acceptors (Lipinski definition) is 18. The number of nitrogens with one attached hydrogen (secondary N) is 5. The van der Waals surface area contributed by atoms with Crippen molar-refractivity contribution in [1.82, 2.24) is 24.5 Å². The summed E-state index contributed by atoms with van der Waals surface area (Å²) in [7, 11) is 1.42. The molecule has 5 amide bonds. The van der Waals surface area contributed by atoms with E-state index in [2.05, 4.69) is 41.1 Å². The molecule has 0 saturated heterocycles. The van der Waals surface area contributed by atoms with Gasteiger partial charge >= 0.3 is 0 Å². The molecular weight excluding hydrogens is 1520 g/mol. The Hall–Kier alpha value is -13.2. The lowest BCUT2D eigenvalue weighted by Crippen LogP contribution is -2.27. The van der Waals surface area contributed by atoms with E-state index in [0.717, 1.165) is 164 Å². The van der Waals surface area contributed by atoms with E-state index < -0.39 is 37.6 Å². The highest BCUT2D eigenvalue weighted by atomic mass is 32.2. The van der Waals surface area contributed by atoms with E-state index in [1.54, 1.807) is 48.5 Å². The van der Waals surface area contributed by atoms with Gasteiger partial charge in [0.25, 0.3) is 5.91 Å². The molecule has 0 bridgehead atoms. The molecule has 0 radical (unpaired) electrons. The van der Waals surface area contributed by atoms with Gasteiger partial charge < -0.3 is 60.2 Å². The molecule has 12 aromatic rings. The van der Waals surface area contributed by atoms with Crippen LogP contribution in [-0.4, -0.2) is 92.2 Å². The first kappa shape index (κ1) is 77.8. The molecule has 7 aliphatic rings. The van der Waals surface area contributed by atoms with Gasteiger partial charge in [-0.3, -0.25) is 28.7 Å². The van der Waals surface area contributed by atoms with Gasteiger partial charge in [0.1, 0.15) is 12.1 Å². The molecule has 117 heavy (non-hydrogen) atoms. The molecule has 600 valence electrons. The predicted molar refractivity (Wildman–Crippen MR) is 452 cm³/mol. The Morgan fingerprint density at radius 1 is 0.462 bits per heavy atom. The number of rotatable bonds is 20. The fraction of sp³-hybridized carbons (Fsp3) is 0.231. The minimum absolute atomic E-state index is 0. The average molecular weight is 1610 g/mol. The zero-order valence-electron chi connectivity index (χ0n) is 65.0. The molecule has 26 heteroatoms. The van der Waals surface area contributed by atoms with Crippen LogP contribution in [-0.2, 0) is 57.9 Å². The Labute approximate surface area is 684 Å². The Morgan fingerprint density at radius 2 is 0.889 bits per heavy atom. The minimum atomic E-state index is -3.48. The minimum Gasteiger partial charge on any atom is -0.497 e. The number of methoxy groups -OCH3 is 1. The molecule has 4 aliphatic carbocycles. The summed E-state index contributed by atoms with van der Waals surface area (Å²) < 4.78 is 65.7. The number of carbonyl (C=O) groups excluding carboxylic acids is 5. The molecule has 7 N–H and O–H groups in total. The third-order valence-electron chi connectivity index (χ3n) is 22.6. The van der Waals surface area contributed by atoms with Crippen molar-refractivity contribution in [1.29, 1.82) is 0 Å². The van der Waals surface area contributed by atoms with Gasteiger partial charge in [-0.25, -0.2) is 23.1 Å². The van der Waals surface area contributed by atoms with Crippen molar-refractivity contribution in [2.75, 3.05) is 55.8 Å². The van der Waals surface area contributed by atoms with Crippen LogP contribution in [0.25, 0.3) is 44.6 Å². The van der Waals surface area contributed by atoms with Crippen LogP contribution in [0.3, 0.4) is 0 Å². The van der Waals surface area contributed by atoms with E-state index in [9.17, 15) is 32.4 Å². The van der Waals surface area contributed by atoms with E-state index in [1.807, 2.05) is 209 Å². The molecule has 19 rings (SSSR count). The van der Waals surface area contributed by atoms with E-state index in [0.29, 0.717) is 39.2 Å². The van der Waals surface area contributed by atoms with Crippen LogP contribution in [0.15, 0.2) is 229 Å². The molecule has 3 aromatic heterocycles. The smallest absolute Gasteiger partial charge is 0.259 e. The number of anilines is 4. The second-order valence-corrected chi connectivity index (χ2v) is 32.8. The van der Waals surface area contributed by atoms with Gasteiger partial charge in [-0.1, -0.05) is 72.8 Å². The van der Waals surface area contributed by atoms with E-state index >= 15 is 0 Å². The summed E-state index contributed by atoms with van der Waals surface area (Å²) in [5.41, 5.74) is 20.8.